The van der Waals surface area contributed by atoms with Crippen molar-refractivity contribution in [2.75, 3.05) is 52.5 Å². The van der Waals surface area contributed by atoms with Gasteiger partial charge in [-0.25, -0.2) is 0 Å². The van der Waals surface area contributed by atoms with Crippen LogP contribution in [0.4, 0.5) is 0 Å². The van der Waals surface area contributed by atoms with Gasteiger partial charge in [-0.05, 0) is 24.0 Å². The van der Waals surface area contributed by atoms with Gasteiger partial charge in [0.25, 0.3) is 0 Å². The van der Waals surface area contributed by atoms with Crippen molar-refractivity contribution in [3.63, 3.8) is 0 Å². The summed E-state index contributed by atoms with van der Waals surface area (Å²) in [6, 6.07) is 9.12. The van der Waals surface area contributed by atoms with E-state index in [0.29, 0.717) is 5.92 Å². The molecule has 0 unspecified atom stereocenters. The zero-order chi connectivity index (χ0) is 19.3. The third-order valence-electron chi connectivity index (χ3n) is 5.57. The maximum Gasteiger partial charge on any atom is 0.194 e. The summed E-state index contributed by atoms with van der Waals surface area (Å²) in [4.78, 5) is 9.85. The lowest BCUT2D eigenvalue weighted by Crippen LogP contribution is -2.52. The Labute approximate surface area is 164 Å². The van der Waals surface area contributed by atoms with Crippen molar-refractivity contribution < 1.29 is 4.74 Å². The molecule has 0 amide bonds. The fraction of sp³-hybridized carbons (Fsp3) is 0.682. The molecule has 0 aliphatic carbocycles. The zero-order valence-electron chi connectivity index (χ0n) is 17.5. The van der Waals surface area contributed by atoms with Crippen LogP contribution in [0.5, 0.6) is 0 Å². The largest absolute Gasteiger partial charge is 0.380 e. The topological polar surface area (TPSA) is 40.1 Å². The lowest BCUT2D eigenvalue weighted by atomic mass is 9.89. The monoisotopic (exact) mass is 372 g/mol. The van der Waals surface area contributed by atoms with E-state index in [1.54, 1.807) is 0 Å². The van der Waals surface area contributed by atoms with E-state index in [9.17, 15) is 0 Å². The lowest BCUT2D eigenvalue weighted by Gasteiger charge is -2.39. The fourth-order valence-corrected chi connectivity index (χ4v) is 3.62. The summed E-state index contributed by atoms with van der Waals surface area (Å²) < 4.78 is 5.36. The summed E-state index contributed by atoms with van der Waals surface area (Å²) in [7, 11) is 0. The van der Waals surface area contributed by atoms with Gasteiger partial charge in [-0.1, -0.05) is 45.0 Å². The van der Waals surface area contributed by atoms with Crippen molar-refractivity contribution in [2.24, 2.45) is 10.4 Å². The van der Waals surface area contributed by atoms with Crippen molar-refractivity contribution in [3.8, 4) is 0 Å². The van der Waals surface area contributed by atoms with Crippen molar-refractivity contribution in [1.82, 2.24) is 15.1 Å². The van der Waals surface area contributed by atoms with Crippen LogP contribution in [0.1, 0.15) is 44.7 Å². The van der Waals surface area contributed by atoms with Crippen LogP contribution in [-0.4, -0.2) is 68.2 Å². The Bertz CT molecular complexity index is 614. The number of guanidine groups is 1. The van der Waals surface area contributed by atoms with E-state index in [2.05, 4.69) is 67.1 Å². The molecule has 5 heteroatoms. The smallest absolute Gasteiger partial charge is 0.194 e. The molecule has 2 saturated heterocycles. The number of nitrogens with one attached hydrogen (secondary N) is 1. The third kappa shape index (κ3) is 5.45. The second-order valence-corrected chi connectivity index (χ2v) is 8.63. The van der Waals surface area contributed by atoms with Crippen LogP contribution in [0.2, 0.25) is 0 Å². The van der Waals surface area contributed by atoms with Gasteiger partial charge in [-0.2, -0.15) is 0 Å². The Morgan fingerprint density at radius 2 is 1.81 bits per heavy atom. The Morgan fingerprint density at radius 1 is 1.15 bits per heavy atom. The SMILES string of the molecule is CCNC(=NCC1(C)COC1)N1CCN(Cc2ccc(C(C)C)cc2)CC1. The van der Waals surface area contributed by atoms with Crippen molar-refractivity contribution in [3.05, 3.63) is 35.4 Å². The Kier molecular flexibility index (Phi) is 6.77. The standard InChI is InChI=1S/C22H36N4O/c1-5-23-21(24-15-22(4)16-27-17-22)26-12-10-25(11-13-26)14-19-6-8-20(9-7-19)18(2)3/h6-9,18H,5,10-17H2,1-4H3,(H,23,24). The van der Waals surface area contributed by atoms with Gasteiger partial charge in [-0.3, -0.25) is 9.89 Å². The number of benzene rings is 1. The summed E-state index contributed by atoms with van der Waals surface area (Å²) in [5.41, 5.74) is 3.05. The summed E-state index contributed by atoms with van der Waals surface area (Å²) in [6.07, 6.45) is 0. The Balaban J connectivity index is 1.51. The summed E-state index contributed by atoms with van der Waals surface area (Å²) in [6.45, 7) is 17.6. The predicted octanol–water partition coefficient (Wildman–Crippen LogP) is 2.93. The molecule has 5 nitrogen and oxygen atoms in total. The van der Waals surface area contributed by atoms with Gasteiger partial charge in [0, 0.05) is 44.7 Å². The van der Waals surface area contributed by atoms with Crippen molar-refractivity contribution in [1.29, 1.82) is 0 Å². The average molecular weight is 373 g/mol. The minimum Gasteiger partial charge on any atom is -0.380 e. The number of ether oxygens (including phenoxy) is 1. The molecule has 2 aliphatic rings. The highest BCUT2D eigenvalue weighted by atomic mass is 16.5. The van der Waals surface area contributed by atoms with E-state index in [4.69, 9.17) is 9.73 Å². The summed E-state index contributed by atoms with van der Waals surface area (Å²) in [5.74, 6) is 1.66. The lowest BCUT2D eigenvalue weighted by molar-refractivity contribution is -0.0946. The Morgan fingerprint density at radius 3 is 2.33 bits per heavy atom. The highest BCUT2D eigenvalue weighted by Gasteiger charge is 2.33. The first-order valence-corrected chi connectivity index (χ1v) is 10.4. The number of hydrogen-bond donors (Lipinski definition) is 1. The first kappa shape index (κ1) is 20.2. The van der Waals surface area contributed by atoms with E-state index >= 15 is 0 Å². The van der Waals surface area contributed by atoms with E-state index in [1.807, 2.05) is 0 Å². The fourth-order valence-electron chi connectivity index (χ4n) is 3.62. The van der Waals surface area contributed by atoms with Crippen LogP contribution in [0.25, 0.3) is 0 Å². The van der Waals surface area contributed by atoms with Crippen molar-refractivity contribution in [2.45, 2.75) is 40.2 Å². The van der Waals surface area contributed by atoms with E-state index in [-0.39, 0.29) is 5.41 Å². The van der Waals surface area contributed by atoms with Gasteiger partial charge in [-0.15, -0.1) is 0 Å². The van der Waals surface area contributed by atoms with E-state index in [1.165, 1.54) is 11.1 Å². The minimum atomic E-state index is 0.227. The van der Waals surface area contributed by atoms with Crippen LogP contribution in [0.15, 0.2) is 29.3 Å². The maximum atomic E-state index is 5.36. The minimum absolute atomic E-state index is 0.227. The van der Waals surface area contributed by atoms with Crippen LogP contribution in [0, 0.1) is 5.41 Å². The zero-order valence-corrected chi connectivity index (χ0v) is 17.5. The number of hydrogen-bond acceptors (Lipinski definition) is 3. The van der Waals surface area contributed by atoms with Crippen LogP contribution in [-0.2, 0) is 11.3 Å². The molecule has 0 spiro atoms. The van der Waals surface area contributed by atoms with Crippen LogP contribution < -0.4 is 5.32 Å². The second kappa shape index (κ2) is 9.07. The molecule has 0 saturated carbocycles. The van der Waals surface area contributed by atoms with Gasteiger partial charge >= 0.3 is 0 Å². The summed E-state index contributed by atoms with van der Waals surface area (Å²) in [5, 5.41) is 3.47. The molecule has 2 heterocycles. The molecule has 0 aromatic heterocycles. The predicted molar refractivity (Wildman–Crippen MR) is 112 cm³/mol. The molecule has 2 fully saturated rings. The molecule has 150 valence electrons. The number of rotatable bonds is 6. The molecular weight excluding hydrogens is 336 g/mol. The third-order valence-corrected chi connectivity index (χ3v) is 5.57. The normalized spacial score (nSPS) is 20.6. The van der Waals surface area contributed by atoms with E-state index < -0.39 is 0 Å². The van der Waals surface area contributed by atoms with Gasteiger partial charge < -0.3 is 15.0 Å². The van der Waals surface area contributed by atoms with E-state index in [0.717, 1.165) is 65.0 Å². The molecule has 0 atom stereocenters. The Hall–Kier alpha value is -1.59. The molecule has 2 aliphatic heterocycles. The highest BCUT2D eigenvalue weighted by Crippen LogP contribution is 2.26. The molecule has 1 aromatic carbocycles. The van der Waals surface area contributed by atoms with Gasteiger partial charge in [0.05, 0.1) is 19.8 Å². The van der Waals surface area contributed by atoms with Gasteiger partial charge in [0.2, 0.25) is 0 Å². The highest BCUT2D eigenvalue weighted by molar-refractivity contribution is 5.80. The number of piperazine rings is 1. The van der Waals surface area contributed by atoms with Crippen LogP contribution >= 0.6 is 0 Å². The summed E-state index contributed by atoms with van der Waals surface area (Å²) >= 11 is 0. The van der Waals surface area contributed by atoms with Gasteiger partial charge in [0.15, 0.2) is 5.96 Å². The molecular formula is C22H36N4O. The molecule has 27 heavy (non-hydrogen) atoms. The molecule has 1 aromatic rings. The molecule has 3 rings (SSSR count). The molecule has 0 radical (unpaired) electrons. The second-order valence-electron chi connectivity index (χ2n) is 8.63. The molecule has 0 bridgehead atoms. The molecule has 1 N–H and O–H groups in total. The van der Waals surface area contributed by atoms with Crippen LogP contribution in [0.3, 0.4) is 0 Å². The maximum absolute atomic E-state index is 5.36. The quantitative estimate of drug-likeness (QED) is 0.616. The first-order valence-electron chi connectivity index (χ1n) is 10.4. The first-order chi connectivity index (χ1) is 13.0. The van der Waals surface area contributed by atoms with Crippen molar-refractivity contribution >= 4 is 5.96 Å². The van der Waals surface area contributed by atoms with Gasteiger partial charge in [0.1, 0.15) is 0 Å². The average Bonchev–Trinajstić information content (AvgIpc) is 2.65. The number of nitrogens with zero attached hydrogens (tertiary/aromatic N) is 3. The number of aliphatic imine (C=N–C) groups is 1.